The van der Waals surface area contributed by atoms with Gasteiger partial charge in [-0.05, 0) is 25.0 Å². The molecular weight excluding hydrogens is 264 g/mol. The van der Waals surface area contributed by atoms with Crippen LogP contribution in [0.1, 0.15) is 22.5 Å². The Balaban J connectivity index is 1.63. The second-order valence-electron chi connectivity index (χ2n) is 4.35. The van der Waals surface area contributed by atoms with Crippen molar-refractivity contribution in [2.24, 2.45) is 5.92 Å². The maximum absolute atomic E-state index is 11.9. The minimum absolute atomic E-state index is 0.0439. The molecule has 1 saturated carbocycles. The fraction of sp³-hybridized carbons (Fsp3) is 0.250. The molecule has 6 nitrogen and oxygen atoms in total. The van der Waals surface area contributed by atoms with Crippen LogP contribution in [0.5, 0.6) is 0 Å². The Kier molecular flexibility index (Phi) is 3.04. The van der Waals surface area contributed by atoms with Crippen molar-refractivity contribution < 1.29 is 9.59 Å². The lowest BCUT2D eigenvalue weighted by atomic mass is 10.4. The number of carbonyl (C=O) groups excluding carboxylic acids is 2. The van der Waals surface area contributed by atoms with Crippen LogP contribution in [0.4, 0.5) is 10.8 Å². The summed E-state index contributed by atoms with van der Waals surface area (Å²) in [5.41, 5.74) is 0. The van der Waals surface area contributed by atoms with Crippen LogP contribution < -0.4 is 10.6 Å². The molecule has 1 aliphatic rings. The molecule has 2 aromatic heterocycles. The molecule has 2 amide bonds. The van der Waals surface area contributed by atoms with Gasteiger partial charge < -0.3 is 10.6 Å². The van der Waals surface area contributed by atoms with Crippen LogP contribution in [0.15, 0.2) is 24.4 Å². The number of nitrogens with zero attached hydrogens (tertiary/aromatic N) is 1. The zero-order valence-electron chi connectivity index (χ0n) is 9.97. The zero-order chi connectivity index (χ0) is 13.2. The number of hydrogen-bond acceptors (Lipinski definition) is 4. The molecule has 1 aliphatic carbocycles. The van der Waals surface area contributed by atoms with E-state index in [9.17, 15) is 9.59 Å². The first-order chi connectivity index (χ1) is 9.22. The predicted octanol–water partition coefficient (Wildman–Crippen LogP) is 2.07. The van der Waals surface area contributed by atoms with Crippen LogP contribution in [0.3, 0.4) is 0 Å². The second kappa shape index (κ2) is 4.85. The number of nitrogens with one attached hydrogen (secondary N) is 3. The molecule has 0 spiro atoms. The Morgan fingerprint density at radius 2 is 2.11 bits per heavy atom. The van der Waals surface area contributed by atoms with Crippen molar-refractivity contribution in [3.8, 4) is 0 Å². The summed E-state index contributed by atoms with van der Waals surface area (Å²) < 4.78 is 0. The van der Waals surface area contributed by atoms with E-state index in [1.165, 1.54) is 11.3 Å². The molecule has 0 aromatic carbocycles. The molecule has 3 N–H and O–H groups in total. The van der Waals surface area contributed by atoms with Crippen molar-refractivity contribution in [3.63, 3.8) is 0 Å². The van der Waals surface area contributed by atoms with Gasteiger partial charge in [0.2, 0.25) is 5.91 Å². The van der Waals surface area contributed by atoms with Crippen molar-refractivity contribution >= 4 is 34.0 Å². The molecule has 1 fully saturated rings. The van der Waals surface area contributed by atoms with Crippen LogP contribution >= 0.6 is 11.3 Å². The highest BCUT2D eigenvalue weighted by Gasteiger charge is 2.29. The fourth-order valence-corrected chi connectivity index (χ4v) is 2.41. The van der Waals surface area contributed by atoms with Gasteiger partial charge in [0.1, 0.15) is 5.82 Å². The van der Waals surface area contributed by atoms with E-state index in [2.05, 4.69) is 20.8 Å². The Hall–Kier alpha value is -2.15. The molecular formula is C12H12N4O2S. The van der Waals surface area contributed by atoms with Crippen LogP contribution in [-0.2, 0) is 4.79 Å². The smallest absolute Gasteiger partial charge is 0.266 e. The first kappa shape index (κ1) is 11.9. The highest BCUT2D eigenvalue weighted by molar-refractivity contribution is 7.18. The average Bonchev–Trinajstić information content (AvgIpc) is 2.93. The third-order valence-electron chi connectivity index (χ3n) is 2.77. The summed E-state index contributed by atoms with van der Waals surface area (Å²) in [5, 5.41) is 12.6. The number of thiophene rings is 1. The monoisotopic (exact) mass is 276 g/mol. The molecule has 0 unspecified atom stereocenters. The molecule has 3 rings (SSSR count). The van der Waals surface area contributed by atoms with Gasteiger partial charge in [0.25, 0.3) is 5.91 Å². The molecule has 0 saturated heterocycles. The van der Waals surface area contributed by atoms with Crippen LogP contribution in [-0.4, -0.2) is 22.0 Å². The number of anilines is 2. The summed E-state index contributed by atoms with van der Waals surface area (Å²) in [5.74, 6) is 0.523. The molecule has 2 heterocycles. The van der Waals surface area contributed by atoms with Crippen LogP contribution in [0.2, 0.25) is 0 Å². The topological polar surface area (TPSA) is 86.9 Å². The highest BCUT2D eigenvalue weighted by atomic mass is 32.1. The van der Waals surface area contributed by atoms with Gasteiger partial charge in [-0.2, -0.15) is 5.10 Å². The first-order valence-electron chi connectivity index (χ1n) is 5.94. The minimum Gasteiger partial charge on any atom is -0.317 e. The number of hydrogen-bond donors (Lipinski definition) is 3. The third-order valence-corrected chi connectivity index (χ3v) is 3.77. The molecule has 0 bridgehead atoms. The lowest BCUT2D eigenvalue weighted by Gasteiger charge is -2.00. The minimum atomic E-state index is -0.221. The second-order valence-corrected chi connectivity index (χ2v) is 5.44. The SMILES string of the molecule is O=C(Nc1ccn[nH]1)c1ccc(NC(=O)C2CC2)s1. The van der Waals surface area contributed by atoms with Crippen molar-refractivity contribution in [2.45, 2.75) is 12.8 Å². The maximum Gasteiger partial charge on any atom is 0.266 e. The molecule has 19 heavy (non-hydrogen) atoms. The Morgan fingerprint density at radius 1 is 1.26 bits per heavy atom. The van der Waals surface area contributed by atoms with Gasteiger partial charge in [-0.25, -0.2) is 0 Å². The lowest BCUT2D eigenvalue weighted by molar-refractivity contribution is -0.117. The van der Waals surface area contributed by atoms with E-state index in [0.717, 1.165) is 12.8 Å². The van der Waals surface area contributed by atoms with Crippen molar-refractivity contribution in [3.05, 3.63) is 29.3 Å². The van der Waals surface area contributed by atoms with E-state index < -0.39 is 0 Å². The number of aromatic amines is 1. The van der Waals surface area contributed by atoms with Gasteiger partial charge >= 0.3 is 0 Å². The number of carbonyl (C=O) groups is 2. The molecule has 0 radical (unpaired) electrons. The average molecular weight is 276 g/mol. The van der Waals surface area contributed by atoms with Crippen LogP contribution in [0.25, 0.3) is 0 Å². The van der Waals surface area contributed by atoms with E-state index in [-0.39, 0.29) is 17.7 Å². The molecule has 0 aliphatic heterocycles. The summed E-state index contributed by atoms with van der Waals surface area (Å²) in [6, 6.07) is 5.10. The van der Waals surface area contributed by atoms with Gasteiger partial charge in [-0.15, -0.1) is 11.3 Å². The van der Waals surface area contributed by atoms with Crippen molar-refractivity contribution in [2.75, 3.05) is 10.6 Å². The van der Waals surface area contributed by atoms with Gasteiger partial charge in [0.15, 0.2) is 0 Å². The Morgan fingerprint density at radius 3 is 2.79 bits per heavy atom. The van der Waals surface area contributed by atoms with E-state index in [4.69, 9.17) is 0 Å². The van der Waals surface area contributed by atoms with Crippen molar-refractivity contribution in [1.29, 1.82) is 0 Å². The summed E-state index contributed by atoms with van der Waals surface area (Å²) >= 11 is 1.26. The zero-order valence-corrected chi connectivity index (χ0v) is 10.8. The Bertz CT molecular complexity index is 601. The Labute approximate surface area is 113 Å². The van der Waals surface area contributed by atoms with E-state index in [1.807, 2.05) is 0 Å². The summed E-state index contributed by atoms with van der Waals surface area (Å²) in [4.78, 5) is 24.0. The fourth-order valence-electron chi connectivity index (χ4n) is 1.61. The first-order valence-corrected chi connectivity index (χ1v) is 6.75. The lowest BCUT2D eigenvalue weighted by Crippen LogP contribution is -2.12. The van der Waals surface area contributed by atoms with E-state index >= 15 is 0 Å². The largest absolute Gasteiger partial charge is 0.317 e. The van der Waals surface area contributed by atoms with Crippen LogP contribution in [0, 0.1) is 5.92 Å². The molecule has 0 atom stereocenters. The number of aromatic nitrogens is 2. The van der Waals surface area contributed by atoms with Gasteiger partial charge in [0, 0.05) is 12.0 Å². The highest BCUT2D eigenvalue weighted by Crippen LogP contribution is 2.31. The third kappa shape index (κ3) is 2.82. The quantitative estimate of drug-likeness (QED) is 0.799. The number of H-pyrrole nitrogens is 1. The van der Waals surface area contributed by atoms with Gasteiger partial charge in [-0.1, -0.05) is 0 Å². The predicted molar refractivity (Wildman–Crippen MR) is 72.2 cm³/mol. The maximum atomic E-state index is 11.9. The molecule has 7 heteroatoms. The normalized spacial score (nSPS) is 14.1. The van der Waals surface area contributed by atoms with Gasteiger partial charge in [0.05, 0.1) is 16.1 Å². The van der Waals surface area contributed by atoms with E-state index in [1.54, 1.807) is 24.4 Å². The summed E-state index contributed by atoms with van der Waals surface area (Å²) in [6.45, 7) is 0. The molecule has 2 aromatic rings. The summed E-state index contributed by atoms with van der Waals surface area (Å²) in [7, 11) is 0. The number of rotatable bonds is 4. The summed E-state index contributed by atoms with van der Waals surface area (Å²) in [6.07, 6.45) is 3.49. The van der Waals surface area contributed by atoms with Crippen molar-refractivity contribution in [1.82, 2.24) is 10.2 Å². The standard InChI is InChI=1S/C12H12N4O2S/c17-11(7-1-2-7)15-10-4-3-8(19-10)12(18)14-9-5-6-13-16-9/h3-7H,1-2H2,(H,15,17)(H2,13,14,16,18). The van der Waals surface area contributed by atoms with Gasteiger partial charge in [-0.3, -0.25) is 14.7 Å². The molecule has 98 valence electrons. The number of amides is 2. The van der Waals surface area contributed by atoms with E-state index in [0.29, 0.717) is 15.7 Å².